The average Bonchev–Trinajstić information content (AvgIpc) is 2.89. The third-order valence-electron chi connectivity index (χ3n) is 3.58. The van der Waals surface area contributed by atoms with Crippen LogP contribution in [-0.2, 0) is 16.4 Å². The van der Waals surface area contributed by atoms with Crippen LogP contribution in [0.4, 0.5) is 0 Å². The number of nitrogens with zero attached hydrogens (tertiary/aromatic N) is 1. The highest BCUT2D eigenvalue weighted by Crippen LogP contribution is 2.29. The van der Waals surface area contributed by atoms with Gasteiger partial charge in [0.25, 0.3) is 10.0 Å². The van der Waals surface area contributed by atoms with Crippen molar-refractivity contribution in [3.63, 3.8) is 0 Å². The highest BCUT2D eigenvalue weighted by molar-refractivity contribution is 7.91. The van der Waals surface area contributed by atoms with Crippen LogP contribution in [0.15, 0.2) is 16.3 Å². The maximum atomic E-state index is 12.6. The summed E-state index contributed by atoms with van der Waals surface area (Å²) in [5.41, 5.74) is 0. The van der Waals surface area contributed by atoms with Crippen molar-refractivity contribution >= 4 is 33.0 Å². The van der Waals surface area contributed by atoms with Gasteiger partial charge in [-0.3, -0.25) is 0 Å². The van der Waals surface area contributed by atoms with Crippen LogP contribution < -0.4 is 0 Å². The molecule has 1 fully saturated rings. The van der Waals surface area contributed by atoms with Gasteiger partial charge in [-0.15, -0.1) is 22.9 Å². The summed E-state index contributed by atoms with van der Waals surface area (Å²) in [4.78, 5) is 1.12. The molecule has 108 valence electrons. The van der Waals surface area contributed by atoms with Crippen LogP contribution in [0.3, 0.4) is 0 Å². The zero-order chi connectivity index (χ0) is 13.9. The Bertz CT molecular complexity index is 510. The molecule has 1 atom stereocenters. The van der Waals surface area contributed by atoms with E-state index in [1.807, 2.05) is 13.0 Å². The highest BCUT2D eigenvalue weighted by Gasteiger charge is 2.30. The van der Waals surface area contributed by atoms with Gasteiger partial charge in [-0.25, -0.2) is 8.42 Å². The molecule has 2 rings (SSSR count). The monoisotopic (exact) mass is 321 g/mol. The summed E-state index contributed by atoms with van der Waals surface area (Å²) >= 11 is 7.16. The largest absolute Gasteiger partial charge is 0.252 e. The van der Waals surface area contributed by atoms with Crippen LogP contribution in [-0.4, -0.2) is 31.7 Å². The van der Waals surface area contributed by atoms with E-state index < -0.39 is 10.0 Å². The van der Waals surface area contributed by atoms with Gasteiger partial charge in [0.1, 0.15) is 4.21 Å². The number of rotatable bonds is 5. The van der Waals surface area contributed by atoms with E-state index in [2.05, 4.69) is 0 Å². The molecule has 2 heterocycles. The fourth-order valence-electron chi connectivity index (χ4n) is 2.45. The van der Waals surface area contributed by atoms with Gasteiger partial charge in [-0.2, -0.15) is 4.31 Å². The van der Waals surface area contributed by atoms with E-state index in [4.69, 9.17) is 11.6 Å². The molecule has 1 unspecified atom stereocenters. The second-order valence-corrected chi connectivity index (χ2v) is 8.63. The van der Waals surface area contributed by atoms with Crippen molar-refractivity contribution in [1.29, 1.82) is 0 Å². The first-order chi connectivity index (χ1) is 9.07. The van der Waals surface area contributed by atoms with Gasteiger partial charge in [0, 0.05) is 23.8 Å². The normalized spacial score (nSPS) is 21.7. The summed E-state index contributed by atoms with van der Waals surface area (Å²) in [5, 5.41) is 0. The van der Waals surface area contributed by atoms with Crippen LogP contribution in [0.5, 0.6) is 0 Å². The van der Waals surface area contributed by atoms with Gasteiger partial charge in [0.15, 0.2) is 0 Å². The molecule has 0 aromatic carbocycles. The van der Waals surface area contributed by atoms with Crippen molar-refractivity contribution < 1.29 is 8.42 Å². The first-order valence-electron chi connectivity index (χ1n) is 6.72. The van der Waals surface area contributed by atoms with Crippen LogP contribution >= 0.6 is 22.9 Å². The number of hydrogen-bond acceptors (Lipinski definition) is 3. The van der Waals surface area contributed by atoms with E-state index in [9.17, 15) is 8.42 Å². The fourth-order valence-corrected chi connectivity index (χ4v) is 5.76. The second kappa shape index (κ2) is 6.57. The number of piperidine rings is 1. The van der Waals surface area contributed by atoms with Gasteiger partial charge in [-0.1, -0.05) is 6.92 Å². The minimum atomic E-state index is -3.29. The molecule has 1 saturated heterocycles. The zero-order valence-electron chi connectivity index (χ0n) is 11.1. The van der Waals surface area contributed by atoms with Crippen molar-refractivity contribution in [2.45, 2.75) is 36.8 Å². The lowest BCUT2D eigenvalue weighted by molar-refractivity contribution is 0.262. The Hall–Kier alpha value is -0.100. The van der Waals surface area contributed by atoms with E-state index in [0.717, 1.165) is 30.6 Å². The van der Waals surface area contributed by atoms with E-state index in [-0.39, 0.29) is 0 Å². The molecule has 1 aromatic rings. The van der Waals surface area contributed by atoms with Crippen LogP contribution in [0.1, 0.15) is 31.1 Å². The highest BCUT2D eigenvalue weighted by atomic mass is 35.5. The predicted octanol–water partition coefficient (Wildman–Crippen LogP) is 3.34. The van der Waals surface area contributed by atoms with Crippen molar-refractivity contribution in [1.82, 2.24) is 4.31 Å². The average molecular weight is 322 g/mol. The van der Waals surface area contributed by atoms with Crippen LogP contribution in [0, 0.1) is 5.92 Å². The Morgan fingerprint density at radius 1 is 1.47 bits per heavy atom. The van der Waals surface area contributed by atoms with Gasteiger partial charge in [0.05, 0.1) is 0 Å². The Kier molecular flexibility index (Phi) is 5.29. The minimum absolute atomic E-state index is 0.409. The van der Waals surface area contributed by atoms with Crippen molar-refractivity contribution in [2.75, 3.05) is 19.0 Å². The molecule has 1 aliphatic heterocycles. The first-order valence-corrected chi connectivity index (χ1v) is 9.52. The molecular formula is C13H20ClNO2S2. The molecule has 0 radical (unpaired) electrons. The molecule has 0 N–H and O–H groups in total. The van der Waals surface area contributed by atoms with E-state index in [1.54, 1.807) is 10.4 Å². The maximum absolute atomic E-state index is 12.6. The number of sulfonamides is 1. The van der Waals surface area contributed by atoms with Crippen molar-refractivity contribution in [3.05, 3.63) is 17.0 Å². The molecule has 0 spiro atoms. The third kappa shape index (κ3) is 3.51. The van der Waals surface area contributed by atoms with Crippen molar-refractivity contribution in [2.24, 2.45) is 5.92 Å². The summed E-state index contributed by atoms with van der Waals surface area (Å²) in [7, 11) is -3.29. The quantitative estimate of drug-likeness (QED) is 0.780. The molecule has 0 amide bonds. The summed E-state index contributed by atoms with van der Waals surface area (Å²) in [6, 6.07) is 3.65. The maximum Gasteiger partial charge on any atom is 0.252 e. The van der Waals surface area contributed by atoms with E-state index in [0.29, 0.717) is 29.1 Å². The SMILES string of the molecule is CCc1ccc(S(=O)(=O)N2CCCC(CCCl)C2)s1. The fraction of sp³-hybridized carbons (Fsp3) is 0.692. The Balaban J connectivity index is 2.14. The molecule has 0 bridgehead atoms. The zero-order valence-corrected chi connectivity index (χ0v) is 13.5. The van der Waals surface area contributed by atoms with Crippen LogP contribution in [0.25, 0.3) is 0 Å². The summed E-state index contributed by atoms with van der Waals surface area (Å²) in [6.45, 7) is 3.30. The van der Waals surface area contributed by atoms with Gasteiger partial charge in [-0.05, 0) is 43.7 Å². The molecule has 6 heteroatoms. The molecule has 1 aliphatic rings. The number of hydrogen-bond donors (Lipinski definition) is 0. The number of halogens is 1. The van der Waals surface area contributed by atoms with Crippen molar-refractivity contribution in [3.8, 4) is 0 Å². The topological polar surface area (TPSA) is 37.4 Å². The predicted molar refractivity (Wildman–Crippen MR) is 80.5 cm³/mol. The van der Waals surface area contributed by atoms with Gasteiger partial charge >= 0.3 is 0 Å². The lowest BCUT2D eigenvalue weighted by Crippen LogP contribution is -2.39. The molecule has 19 heavy (non-hydrogen) atoms. The van der Waals surface area contributed by atoms with Gasteiger partial charge < -0.3 is 0 Å². The number of alkyl halides is 1. The van der Waals surface area contributed by atoms with Gasteiger partial charge in [0.2, 0.25) is 0 Å². The molecule has 0 saturated carbocycles. The Labute approximate surface area is 124 Å². The summed E-state index contributed by atoms with van der Waals surface area (Å²) in [6.07, 6.45) is 3.81. The molecule has 3 nitrogen and oxygen atoms in total. The second-order valence-electron chi connectivity index (χ2n) is 4.92. The lowest BCUT2D eigenvalue weighted by Gasteiger charge is -2.31. The Morgan fingerprint density at radius 3 is 2.89 bits per heavy atom. The summed E-state index contributed by atoms with van der Waals surface area (Å²) in [5.74, 6) is 1.02. The lowest BCUT2D eigenvalue weighted by atomic mass is 9.97. The third-order valence-corrected chi connectivity index (χ3v) is 7.36. The number of thiophene rings is 1. The standard InChI is InChI=1S/C13H20ClNO2S2/c1-2-12-5-6-13(18-12)19(16,17)15-9-3-4-11(10-15)7-8-14/h5-6,11H,2-4,7-10H2,1H3. The molecule has 0 aliphatic carbocycles. The smallest absolute Gasteiger partial charge is 0.206 e. The molecular weight excluding hydrogens is 302 g/mol. The molecule has 1 aromatic heterocycles. The Morgan fingerprint density at radius 2 is 2.26 bits per heavy atom. The van der Waals surface area contributed by atoms with Crippen LogP contribution in [0.2, 0.25) is 0 Å². The first kappa shape index (κ1) is 15.3. The minimum Gasteiger partial charge on any atom is -0.206 e. The summed E-state index contributed by atoms with van der Waals surface area (Å²) < 4.78 is 27.3. The van der Waals surface area contributed by atoms with E-state index in [1.165, 1.54) is 11.3 Å². The van der Waals surface area contributed by atoms with E-state index >= 15 is 0 Å². The number of aryl methyl sites for hydroxylation is 1.